The van der Waals surface area contributed by atoms with E-state index < -0.39 is 0 Å². The van der Waals surface area contributed by atoms with E-state index in [1.165, 1.54) is 11.3 Å². The molecule has 3 aromatic rings. The van der Waals surface area contributed by atoms with Gasteiger partial charge in [0.1, 0.15) is 10.7 Å². The average molecular weight is 377 g/mol. The van der Waals surface area contributed by atoms with Gasteiger partial charge < -0.3 is 9.47 Å². The van der Waals surface area contributed by atoms with Crippen molar-refractivity contribution in [1.29, 1.82) is 0 Å². The van der Waals surface area contributed by atoms with Crippen LogP contribution in [0.4, 0.5) is 0 Å². The zero-order valence-electron chi connectivity index (χ0n) is 14.7. The number of rotatable bonds is 2. The van der Waals surface area contributed by atoms with Gasteiger partial charge in [-0.25, -0.2) is 4.98 Å². The first kappa shape index (κ1) is 16.4. The number of carbonyl (C=O) groups excluding carboxylic acids is 1. The van der Waals surface area contributed by atoms with Gasteiger partial charge in [-0.3, -0.25) is 9.59 Å². The first-order valence-corrected chi connectivity index (χ1v) is 10.1. The number of aromatic nitrogens is 2. The maximum absolute atomic E-state index is 13.1. The number of fused-ring (bicyclic) bond motifs is 4. The second-order valence-electron chi connectivity index (χ2n) is 7.31. The highest BCUT2D eigenvalue weighted by molar-refractivity contribution is 7.13. The summed E-state index contributed by atoms with van der Waals surface area (Å²) < 4.78 is 1.89. The van der Waals surface area contributed by atoms with Gasteiger partial charge in [-0.1, -0.05) is 36.4 Å². The number of benzene rings is 1. The van der Waals surface area contributed by atoms with E-state index in [0.29, 0.717) is 31.2 Å². The number of carbonyl (C=O) groups is 1. The molecule has 0 spiro atoms. The lowest BCUT2D eigenvalue weighted by Crippen LogP contribution is -2.49. The minimum atomic E-state index is -0.00476. The van der Waals surface area contributed by atoms with Crippen LogP contribution < -0.4 is 5.56 Å². The Balaban J connectivity index is 1.40. The molecule has 2 aromatic heterocycles. The number of nitrogens with zero attached hydrogens (tertiary/aromatic N) is 3. The zero-order valence-corrected chi connectivity index (χ0v) is 15.6. The van der Waals surface area contributed by atoms with Crippen LogP contribution in [0.2, 0.25) is 0 Å². The molecule has 0 aliphatic carbocycles. The molecule has 136 valence electrons. The van der Waals surface area contributed by atoms with Gasteiger partial charge >= 0.3 is 0 Å². The summed E-state index contributed by atoms with van der Waals surface area (Å²) in [6.45, 7) is 2.03. The van der Waals surface area contributed by atoms with Gasteiger partial charge in [0.25, 0.3) is 11.5 Å². The van der Waals surface area contributed by atoms with Gasteiger partial charge in [-0.2, -0.15) is 0 Å². The minimum absolute atomic E-state index is 0.00476. The lowest BCUT2D eigenvalue weighted by molar-refractivity contribution is 0.0589. The smallest absolute Gasteiger partial charge is 0.273 e. The van der Waals surface area contributed by atoms with Gasteiger partial charge in [-0.15, -0.1) is 11.3 Å². The molecule has 0 saturated carbocycles. The summed E-state index contributed by atoms with van der Waals surface area (Å²) in [7, 11) is 0. The van der Waals surface area contributed by atoms with Crippen LogP contribution in [0, 0.1) is 5.92 Å². The van der Waals surface area contributed by atoms with E-state index in [1.54, 1.807) is 6.07 Å². The molecule has 0 N–H and O–H groups in total. The lowest BCUT2D eigenvalue weighted by atomic mass is 9.83. The Labute approximate surface area is 160 Å². The molecular formula is C21H19N3O2S. The third kappa shape index (κ3) is 2.90. The van der Waals surface area contributed by atoms with Crippen LogP contribution >= 0.6 is 11.3 Å². The number of thiazole rings is 1. The molecule has 4 heterocycles. The molecule has 1 saturated heterocycles. The van der Waals surface area contributed by atoms with E-state index in [-0.39, 0.29) is 17.4 Å². The lowest BCUT2D eigenvalue weighted by Gasteiger charge is -2.42. The molecule has 1 aromatic carbocycles. The second kappa shape index (κ2) is 6.46. The fourth-order valence-corrected chi connectivity index (χ4v) is 5.11. The van der Waals surface area contributed by atoms with Crippen LogP contribution in [0.3, 0.4) is 0 Å². The summed E-state index contributed by atoms with van der Waals surface area (Å²) in [5.41, 5.74) is 2.67. The topological polar surface area (TPSA) is 55.2 Å². The normalized spacial score (nSPS) is 21.0. The zero-order chi connectivity index (χ0) is 18.4. The van der Waals surface area contributed by atoms with Crippen LogP contribution in [0.1, 0.15) is 28.5 Å². The van der Waals surface area contributed by atoms with Crippen molar-refractivity contribution >= 4 is 17.2 Å². The molecule has 2 aliphatic heterocycles. The molecule has 1 amide bonds. The fourth-order valence-electron chi connectivity index (χ4n) is 4.31. The summed E-state index contributed by atoms with van der Waals surface area (Å²) in [5.74, 6) is 0.546. The van der Waals surface area contributed by atoms with Gasteiger partial charge in [-0.05, 0) is 18.4 Å². The van der Waals surface area contributed by atoms with Crippen LogP contribution in [-0.2, 0) is 6.54 Å². The number of pyridine rings is 1. The van der Waals surface area contributed by atoms with Crippen LogP contribution in [0.15, 0.2) is 58.7 Å². The summed E-state index contributed by atoms with van der Waals surface area (Å²) in [6, 6.07) is 15.4. The van der Waals surface area contributed by atoms with Crippen LogP contribution in [0.5, 0.6) is 0 Å². The van der Waals surface area contributed by atoms with Crippen molar-refractivity contribution in [3.8, 4) is 10.6 Å². The van der Waals surface area contributed by atoms with E-state index in [9.17, 15) is 9.59 Å². The number of hydrogen-bond acceptors (Lipinski definition) is 4. The third-order valence-corrected chi connectivity index (χ3v) is 6.40. The Hall–Kier alpha value is -2.73. The molecular weight excluding hydrogens is 358 g/mol. The maximum Gasteiger partial charge on any atom is 0.273 e. The third-order valence-electron chi connectivity index (χ3n) is 5.51. The first-order valence-electron chi connectivity index (χ1n) is 9.19. The highest BCUT2D eigenvalue weighted by Crippen LogP contribution is 2.35. The molecule has 1 fully saturated rings. The Morgan fingerprint density at radius 3 is 2.74 bits per heavy atom. The molecule has 0 radical (unpaired) electrons. The van der Waals surface area contributed by atoms with E-state index in [1.807, 2.05) is 57.3 Å². The second-order valence-corrected chi connectivity index (χ2v) is 8.17. The Morgan fingerprint density at radius 2 is 1.89 bits per heavy atom. The predicted molar refractivity (Wildman–Crippen MR) is 105 cm³/mol. The van der Waals surface area contributed by atoms with E-state index in [0.717, 1.165) is 22.7 Å². The number of amides is 1. The van der Waals surface area contributed by atoms with Gasteiger partial charge in [0.05, 0.1) is 0 Å². The SMILES string of the molecule is O=C(c1csc(-c2ccccc2)n1)N1C[C@@H]2C[C@H](C1)c1cccc(=O)n1C2. The highest BCUT2D eigenvalue weighted by Gasteiger charge is 2.36. The fraction of sp³-hybridized carbons (Fsp3) is 0.286. The van der Waals surface area contributed by atoms with Gasteiger partial charge in [0.2, 0.25) is 0 Å². The molecule has 5 rings (SSSR count). The average Bonchev–Trinajstić information content (AvgIpc) is 3.19. The van der Waals surface area contributed by atoms with Crippen molar-refractivity contribution in [3.05, 3.63) is 75.7 Å². The molecule has 27 heavy (non-hydrogen) atoms. The summed E-state index contributed by atoms with van der Waals surface area (Å²) in [5, 5.41) is 2.72. The number of piperidine rings is 1. The molecule has 0 unspecified atom stereocenters. The first-order chi connectivity index (χ1) is 13.2. The molecule has 2 bridgehead atoms. The Morgan fingerprint density at radius 1 is 1.04 bits per heavy atom. The Bertz CT molecular complexity index is 1060. The van der Waals surface area contributed by atoms with E-state index in [2.05, 4.69) is 4.98 Å². The van der Waals surface area contributed by atoms with Crippen molar-refractivity contribution in [2.45, 2.75) is 18.9 Å². The van der Waals surface area contributed by atoms with Crippen molar-refractivity contribution in [2.75, 3.05) is 13.1 Å². The maximum atomic E-state index is 13.1. The monoisotopic (exact) mass is 377 g/mol. The Kier molecular flexibility index (Phi) is 3.93. The standard InChI is InChI=1S/C21H19N3O2S/c25-19-8-4-7-18-16-9-14(11-24(18)19)10-23(12-16)21(26)17-13-27-20(22-17)15-5-2-1-3-6-15/h1-8,13-14,16H,9-12H2/t14-,16+/m0/s1. The van der Waals surface area contributed by atoms with Crippen molar-refractivity contribution in [2.24, 2.45) is 5.92 Å². The highest BCUT2D eigenvalue weighted by atomic mass is 32.1. The van der Waals surface area contributed by atoms with Crippen molar-refractivity contribution in [3.63, 3.8) is 0 Å². The minimum Gasteiger partial charge on any atom is -0.336 e. The van der Waals surface area contributed by atoms with Crippen LogP contribution in [0.25, 0.3) is 10.6 Å². The molecule has 2 aliphatic rings. The number of hydrogen-bond donors (Lipinski definition) is 0. The quantitative estimate of drug-likeness (QED) is 0.689. The molecule has 2 atom stereocenters. The van der Waals surface area contributed by atoms with Crippen LogP contribution in [-0.4, -0.2) is 33.4 Å². The summed E-state index contributed by atoms with van der Waals surface area (Å²) >= 11 is 1.50. The van der Waals surface area contributed by atoms with Crippen molar-refractivity contribution < 1.29 is 4.79 Å². The predicted octanol–water partition coefficient (Wildman–Crippen LogP) is 3.23. The number of likely N-dealkylation sites (tertiary alicyclic amines) is 1. The molecule has 6 heteroatoms. The van der Waals surface area contributed by atoms with E-state index >= 15 is 0 Å². The van der Waals surface area contributed by atoms with Gasteiger partial charge in [0, 0.05) is 48.3 Å². The van der Waals surface area contributed by atoms with Gasteiger partial charge in [0.15, 0.2) is 0 Å². The summed E-state index contributed by atoms with van der Waals surface area (Å²) in [4.78, 5) is 31.7. The molecule has 5 nitrogen and oxygen atoms in total. The summed E-state index contributed by atoms with van der Waals surface area (Å²) in [6.07, 6.45) is 1.04. The van der Waals surface area contributed by atoms with E-state index in [4.69, 9.17) is 0 Å². The van der Waals surface area contributed by atoms with Crippen molar-refractivity contribution in [1.82, 2.24) is 14.5 Å². The largest absolute Gasteiger partial charge is 0.336 e.